The largest absolute Gasteiger partial charge is 0.396 e. The van der Waals surface area contributed by atoms with Gasteiger partial charge in [-0.1, -0.05) is 13.8 Å². The summed E-state index contributed by atoms with van der Waals surface area (Å²) in [6, 6.07) is 0. The van der Waals surface area contributed by atoms with Gasteiger partial charge in [0.2, 0.25) is 0 Å². The van der Waals surface area contributed by atoms with Gasteiger partial charge in [-0.2, -0.15) is 0 Å². The van der Waals surface area contributed by atoms with Gasteiger partial charge in [-0.05, 0) is 31.6 Å². The normalized spacial score (nSPS) is 10.3. The highest BCUT2D eigenvalue weighted by Gasteiger charge is 1.98. The van der Waals surface area contributed by atoms with E-state index in [1.807, 2.05) is 0 Å². The number of rotatable bonds is 6. The fourth-order valence-corrected chi connectivity index (χ4v) is 0.706. The first kappa shape index (κ1) is 16.3. The molecule has 0 aromatic heterocycles. The summed E-state index contributed by atoms with van der Waals surface area (Å²) in [4.78, 5) is 0. The van der Waals surface area contributed by atoms with Crippen molar-refractivity contribution in [3.63, 3.8) is 0 Å². The molecule has 14 heavy (non-hydrogen) atoms. The van der Waals surface area contributed by atoms with Crippen molar-refractivity contribution >= 4 is 0 Å². The molecule has 4 N–H and O–H groups in total. The first-order valence-corrected chi connectivity index (χ1v) is 5.12. The Labute approximate surface area is 86.2 Å². The van der Waals surface area contributed by atoms with Gasteiger partial charge < -0.3 is 20.4 Å². The molecule has 0 fully saturated rings. The maximum absolute atomic E-state index is 8.36. The quantitative estimate of drug-likeness (QED) is 0.378. The first-order chi connectivity index (χ1) is 6.54. The minimum Gasteiger partial charge on any atom is -0.396 e. The first-order valence-electron chi connectivity index (χ1n) is 5.12. The molecule has 0 heterocycles. The monoisotopic (exact) mass is 208 g/mol. The molecule has 4 heteroatoms. The van der Waals surface area contributed by atoms with Crippen molar-refractivity contribution in [3.05, 3.63) is 0 Å². The highest BCUT2D eigenvalue weighted by molar-refractivity contribution is 4.45. The Bertz CT molecular complexity index is 82.1. The van der Waals surface area contributed by atoms with Crippen LogP contribution in [0.3, 0.4) is 0 Å². The van der Waals surface area contributed by atoms with Crippen LogP contribution < -0.4 is 0 Å². The lowest BCUT2D eigenvalue weighted by atomic mass is 10.1. The van der Waals surface area contributed by atoms with E-state index in [1.165, 1.54) is 0 Å². The van der Waals surface area contributed by atoms with Gasteiger partial charge in [-0.25, -0.2) is 0 Å². The Balaban J connectivity index is 0. The Morgan fingerprint density at radius 2 is 1.29 bits per heavy atom. The van der Waals surface area contributed by atoms with E-state index in [1.54, 1.807) is 0 Å². The lowest BCUT2D eigenvalue weighted by Crippen LogP contribution is -2.04. The average molecular weight is 208 g/mol. The second-order valence-corrected chi connectivity index (χ2v) is 3.61. The SMILES string of the molecule is CC(C)CCC(O)O.OCCCCO. The molecular weight excluding hydrogens is 184 g/mol. The van der Waals surface area contributed by atoms with Crippen molar-refractivity contribution in [1.82, 2.24) is 0 Å². The molecule has 4 nitrogen and oxygen atoms in total. The Morgan fingerprint density at radius 3 is 1.43 bits per heavy atom. The molecule has 0 aliphatic heterocycles. The minimum absolute atomic E-state index is 0.195. The van der Waals surface area contributed by atoms with E-state index in [9.17, 15) is 0 Å². The standard InChI is InChI=1S/C6H14O2.C4H10O2/c1-5(2)3-4-6(7)8;5-3-1-2-4-6/h5-8H,3-4H2,1-2H3;5-6H,1-4H2. The molecule has 0 aliphatic carbocycles. The molecule has 0 spiro atoms. The zero-order valence-electron chi connectivity index (χ0n) is 9.19. The van der Waals surface area contributed by atoms with Gasteiger partial charge >= 0.3 is 0 Å². The van der Waals surface area contributed by atoms with Crippen LogP contribution in [0.5, 0.6) is 0 Å². The summed E-state index contributed by atoms with van der Waals surface area (Å²) in [5, 5.41) is 32.9. The van der Waals surface area contributed by atoms with Crippen LogP contribution in [-0.2, 0) is 0 Å². The van der Waals surface area contributed by atoms with Crippen molar-refractivity contribution < 1.29 is 20.4 Å². The van der Waals surface area contributed by atoms with E-state index >= 15 is 0 Å². The third-order valence-electron chi connectivity index (χ3n) is 1.57. The van der Waals surface area contributed by atoms with Crippen molar-refractivity contribution in [2.75, 3.05) is 13.2 Å². The summed E-state index contributed by atoms with van der Waals surface area (Å²) in [6.45, 7) is 4.51. The Kier molecular flexibility index (Phi) is 14.9. The van der Waals surface area contributed by atoms with Gasteiger partial charge in [0.1, 0.15) is 0 Å². The van der Waals surface area contributed by atoms with E-state index in [4.69, 9.17) is 20.4 Å². The van der Waals surface area contributed by atoms with E-state index in [-0.39, 0.29) is 13.2 Å². The topological polar surface area (TPSA) is 80.9 Å². The summed E-state index contributed by atoms with van der Waals surface area (Å²) in [5.74, 6) is 0.566. The molecule has 0 aromatic rings. The molecule has 0 aromatic carbocycles. The lowest BCUT2D eigenvalue weighted by molar-refractivity contribution is -0.0482. The van der Waals surface area contributed by atoms with E-state index in [2.05, 4.69) is 13.8 Å². The molecule has 0 aliphatic rings. The van der Waals surface area contributed by atoms with Crippen LogP contribution in [0.25, 0.3) is 0 Å². The summed E-state index contributed by atoms with van der Waals surface area (Å²) >= 11 is 0. The minimum atomic E-state index is -1.11. The number of aliphatic hydroxyl groups is 4. The predicted molar refractivity (Wildman–Crippen MR) is 55.7 cm³/mol. The number of hydrogen-bond donors (Lipinski definition) is 4. The van der Waals surface area contributed by atoms with Crippen LogP contribution in [0.4, 0.5) is 0 Å². The molecule has 0 saturated carbocycles. The third kappa shape index (κ3) is 22.6. The van der Waals surface area contributed by atoms with Crippen molar-refractivity contribution in [2.45, 2.75) is 45.8 Å². The number of aliphatic hydroxyl groups excluding tert-OH is 3. The maximum Gasteiger partial charge on any atom is 0.151 e. The highest BCUT2D eigenvalue weighted by atomic mass is 16.5. The van der Waals surface area contributed by atoms with Crippen molar-refractivity contribution in [3.8, 4) is 0 Å². The molecule has 0 amide bonds. The van der Waals surface area contributed by atoms with E-state index in [0.29, 0.717) is 12.3 Å². The summed E-state index contributed by atoms with van der Waals surface area (Å²) in [6.07, 6.45) is 1.71. The van der Waals surface area contributed by atoms with Gasteiger partial charge in [0.05, 0.1) is 0 Å². The van der Waals surface area contributed by atoms with E-state index in [0.717, 1.165) is 19.3 Å². The van der Waals surface area contributed by atoms with Gasteiger partial charge in [0, 0.05) is 13.2 Å². The third-order valence-corrected chi connectivity index (χ3v) is 1.57. The molecule has 0 saturated heterocycles. The number of unbranched alkanes of at least 4 members (excludes halogenated alkanes) is 1. The highest BCUT2D eigenvalue weighted by Crippen LogP contribution is 2.04. The second-order valence-electron chi connectivity index (χ2n) is 3.61. The summed E-state index contributed by atoms with van der Waals surface area (Å²) < 4.78 is 0. The van der Waals surface area contributed by atoms with Crippen molar-refractivity contribution in [2.24, 2.45) is 5.92 Å². The van der Waals surface area contributed by atoms with Gasteiger partial charge in [-0.15, -0.1) is 0 Å². The van der Waals surface area contributed by atoms with Crippen LogP contribution in [0, 0.1) is 5.92 Å². The molecule has 0 rings (SSSR count). The number of hydrogen-bond acceptors (Lipinski definition) is 4. The predicted octanol–water partition coefficient (Wildman–Crippen LogP) is 0.484. The van der Waals surface area contributed by atoms with Crippen LogP contribution in [0.2, 0.25) is 0 Å². The second kappa shape index (κ2) is 12.8. The Hall–Kier alpha value is -0.160. The lowest BCUT2D eigenvalue weighted by Gasteiger charge is -2.04. The Morgan fingerprint density at radius 1 is 0.857 bits per heavy atom. The van der Waals surface area contributed by atoms with Crippen LogP contribution in [0.15, 0.2) is 0 Å². The molecule has 0 unspecified atom stereocenters. The summed E-state index contributed by atoms with van der Waals surface area (Å²) in [5.41, 5.74) is 0. The molecule has 0 atom stereocenters. The van der Waals surface area contributed by atoms with Crippen LogP contribution in [-0.4, -0.2) is 39.9 Å². The summed E-state index contributed by atoms with van der Waals surface area (Å²) in [7, 11) is 0. The fourth-order valence-electron chi connectivity index (χ4n) is 0.706. The van der Waals surface area contributed by atoms with Gasteiger partial charge in [0.25, 0.3) is 0 Å². The van der Waals surface area contributed by atoms with Crippen LogP contribution in [0.1, 0.15) is 39.5 Å². The average Bonchev–Trinajstić information content (AvgIpc) is 2.12. The zero-order valence-corrected chi connectivity index (χ0v) is 9.19. The molecule has 88 valence electrons. The van der Waals surface area contributed by atoms with Gasteiger partial charge in [0.15, 0.2) is 6.29 Å². The van der Waals surface area contributed by atoms with Gasteiger partial charge in [-0.3, -0.25) is 0 Å². The zero-order chi connectivity index (χ0) is 11.4. The smallest absolute Gasteiger partial charge is 0.151 e. The van der Waals surface area contributed by atoms with Crippen molar-refractivity contribution in [1.29, 1.82) is 0 Å². The maximum atomic E-state index is 8.36. The van der Waals surface area contributed by atoms with Crippen LogP contribution >= 0.6 is 0 Å². The fraction of sp³-hybridized carbons (Fsp3) is 1.00. The molecule has 0 radical (unpaired) electrons. The molecular formula is C10H24O4. The molecule has 0 bridgehead atoms. The van der Waals surface area contributed by atoms with E-state index < -0.39 is 6.29 Å².